The van der Waals surface area contributed by atoms with Crippen LogP contribution in [0.15, 0.2) is 12.1 Å². The molecule has 0 bridgehead atoms. The number of aromatic nitrogens is 2. The summed E-state index contributed by atoms with van der Waals surface area (Å²) in [6.07, 6.45) is 0.932. The molecule has 5 nitrogen and oxygen atoms in total. The van der Waals surface area contributed by atoms with Crippen LogP contribution in [0.1, 0.15) is 37.7 Å². The van der Waals surface area contributed by atoms with E-state index in [0.717, 1.165) is 6.42 Å². The van der Waals surface area contributed by atoms with E-state index in [2.05, 4.69) is 22.4 Å². The number of nitrogens with zero attached hydrogens (tertiary/aromatic N) is 3. The fourth-order valence-corrected chi connectivity index (χ4v) is 1.60. The Balaban J connectivity index is 2.86. The molecule has 0 saturated heterocycles. The highest BCUT2D eigenvalue weighted by molar-refractivity contribution is 5.92. The van der Waals surface area contributed by atoms with Crippen LogP contribution >= 0.6 is 0 Å². The van der Waals surface area contributed by atoms with Crippen molar-refractivity contribution in [3.8, 4) is 0 Å². The molecule has 1 amide bonds. The first-order valence-corrected chi connectivity index (χ1v) is 5.96. The highest BCUT2D eigenvalue weighted by Gasteiger charge is 2.20. The Bertz CT molecular complexity index is 363. The van der Waals surface area contributed by atoms with Gasteiger partial charge in [0.2, 0.25) is 0 Å². The normalized spacial score (nSPS) is 12.0. The largest absolute Gasteiger partial charge is 0.372 e. The molecule has 5 heteroatoms. The van der Waals surface area contributed by atoms with Crippen LogP contribution in [0.2, 0.25) is 0 Å². The summed E-state index contributed by atoms with van der Waals surface area (Å²) in [5, 5.41) is 10.7. The minimum absolute atomic E-state index is 0.0583. The van der Waals surface area contributed by atoms with Gasteiger partial charge >= 0.3 is 0 Å². The quantitative estimate of drug-likeness (QED) is 0.846. The van der Waals surface area contributed by atoms with Gasteiger partial charge in [-0.25, -0.2) is 0 Å². The van der Waals surface area contributed by atoms with Crippen molar-refractivity contribution in [1.29, 1.82) is 0 Å². The van der Waals surface area contributed by atoms with Crippen LogP contribution in [0.25, 0.3) is 0 Å². The zero-order valence-electron chi connectivity index (χ0n) is 10.9. The third-order valence-corrected chi connectivity index (χ3v) is 2.86. The number of anilines is 1. The highest BCUT2D eigenvalue weighted by atomic mass is 16.2. The van der Waals surface area contributed by atoms with E-state index in [1.54, 1.807) is 19.2 Å². The predicted octanol–water partition coefficient (Wildman–Crippen LogP) is 1.78. The Morgan fingerprint density at radius 1 is 1.41 bits per heavy atom. The standard InChI is InChI=1S/C12H20N4O/c1-5-9(3)16(6-2)12(17)10-7-8-11(13-4)15-14-10/h7-9H,5-6H2,1-4H3,(H,13,15). The number of hydrogen-bond donors (Lipinski definition) is 1. The van der Waals surface area contributed by atoms with Gasteiger partial charge in [0, 0.05) is 19.6 Å². The van der Waals surface area contributed by atoms with Crippen molar-refractivity contribution in [1.82, 2.24) is 15.1 Å². The predicted molar refractivity (Wildman–Crippen MR) is 68.0 cm³/mol. The molecule has 94 valence electrons. The maximum absolute atomic E-state index is 12.2. The van der Waals surface area contributed by atoms with Crippen LogP contribution in [-0.4, -0.2) is 40.6 Å². The number of rotatable bonds is 5. The monoisotopic (exact) mass is 236 g/mol. The molecule has 0 spiro atoms. The summed E-state index contributed by atoms with van der Waals surface area (Å²) in [6.45, 7) is 6.76. The molecule has 1 aromatic heterocycles. The van der Waals surface area contributed by atoms with Gasteiger partial charge in [-0.15, -0.1) is 10.2 Å². The van der Waals surface area contributed by atoms with E-state index >= 15 is 0 Å². The summed E-state index contributed by atoms with van der Waals surface area (Å²) in [7, 11) is 1.77. The molecule has 1 unspecified atom stereocenters. The molecule has 0 aliphatic heterocycles. The third kappa shape index (κ3) is 3.15. The Morgan fingerprint density at radius 2 is 2.12 bits per heavy atom. The topological polar surface area (TPSA) is 58.1 Å². The van der Waals surface area contributed by atoms with Gasteiger partial charge in [-0.3, -0.25) is 4.79 Å². The molecule has 1 N–H and O–H groups in total. The molecule has 0 fully saturated rings. The van der Waals surface area contributed by atoms with E-state index in [1.807, 2.05) is 18.7 Å². The van der Waals surface area contributed by atoms with Gasteiger partial charge in [-0.05, 0) is 32.4 Å². The molecule has 17 heavy (non-hydrogen) atoms. The van der Waals surface area contributed by atoms with E-state index in [4.69, 9.17) is 0 Å². The van der Waals surface area contributed by atoms with Gasteiger partial charge in [0.15, 0.2) is 5.69 Å². The second-order valence-electron chi connectivity index (χ2n) is 3.90. The second kappa shape index (κ2) is 6.18. The maximum Gasteiger partial charge on any atom is 0.274 e. The minimum atomic E-state index is -0.0583. The lowest BCUT2D eigenvalue weighted by molar-refractivity contribution is 0.0692. The van der Waals surface area contributed by atoms with Crippen LogP contribution < -0.4 is 5.32 Å². The van der Waals surface area contributed by atoms with Crippen molar-refractivity contribution < 1.29 is 4.79 Å². The second-order valence-corrected chi connectivity index (χ2v) is 3.90. The Morgan fingerprint density at radius 3 is 2.53 bits per heavy atom. The molecular weight excluding hydrogens is 216 g/mol. The molecular formula is C12H20N4O. The van der Waals surface area contributed by atoms with Crippen molar-refractivity contribution in [3.63, 3.8) is 0 Å². The number of carbonyl (C=O) groups is 1. The lowest BCUT2D eigenvalue weighted by atomic mass is 10.2. The summed E-state index contributed by atoms with van der Waals surface area (Å²) in [5.74, 6) is 0.602. The lowest BCUT2D eigenvalue weighted by Gasteiger charge is -2.26. The summed E-state index contributed by atoms with van der Waals surface area (Å²) < 4.78 is 0. The van der Waals surface area contributed by atoms with Crippen molar-refractivity contribution >= 4 is 11.7 Å². The number of carbonyl (C=O) groups excluding carboxylic acids is 1. The molecule has 1 aromatic rings. The SMILES string of the molecule is CCC(C)N(CC)C(=O)c1ccc(NC)nn1. The van der Waals surface area contributed by atoms with Crippen LogP contribution in [0.3, 0.4) is 0 Å². The van der Waals surface area contributed by atoms with Crippen molar-refractivity contribution in [2.75, 3.05) is 18.9 Å². The van der Waals surface area contributed by atoms with E-state index < -0.39 is 0 Å². The van der Waals surface area contributed by atoms with Crippen LogP contribution in [0.4, 0.5) is 5.82 Å². The average molecular weight is 236 g/mol. The molecule has 0 radical (unpaired) electrons. The Hall–Kier alpha value is -1.65. The summed E-state index contributed by atoms with van der Waals surface area (Å²) in [5.41, 5.74) is 0.395. The summed E-state index contributed by atoms with van der Waals surface area (Å²) in [4.78, 5) is 14.0. The first-order chi connectivity index (χ1) is 8.13. The smallest absolute Gasteiger partial charge is 0.274 e. The zero-order chi connectivity index (χ0) is 12.8. The lowest BCUT2D eigenvalue weighted by Crippen LogP contribution is -2.38. The van der Waals surface area contributed by atoms with Crippen LogP contribution in [0, 0.1) is 0 Å². The number of amides is 1. The van der Waals surface area contributed by atoms with Crippen LogP contribution in [-0.2, 0) is 0 Å². The minimum Gasteiger partial charge on any atom is -0.372 e. The van der Waals surface area contributed by atoms with Crippen molar-refractivity contribution in [2.24, 2.45) is 0 Å². The molecule has 0 aromatic carbocycles. The third-order valence-electron chi connectivity index (χ3n) is 2.86. The number of hydrogen-bond acceptors (Lipinski definition) is 4. The zero-order valence-corrected chi connectivity index (χ0v) is 10.9. The molecule has 1 rings (SSSR count). The first-order valence-electron chi connectivity index (χ1n) is 5.96. The fourth-order valence-electron chi connectivity index (χ4n) is 1.60. The van der Waals surface area contributed by atoms with Gasteiger partial charge < -0.3 is 10.2 Å². The molecule has 0 saturated carbocycles. The van der Waals surface area contributed by atoms with Crippen molar-refractivity contribution in [3.05, 3.63) is 17.8 Å². The van der Waals surface area contributed by atoms with Crippen LogP contribution in [0.5, 0.6) is 0 Å². The van der Waals surface area contributed by atoms with Gasteiger partial charge in [0.1, 0.15) is 5.82 Å². The molecule has 0 aliphatic rings. The van der Waals surface area contributed by atoms with E-state index in [1.165, 1.54) is 0 Å². The van der Waals surface area contributed by atoms with Crippen molar-refractivity contribution in [2.45, 2.75) is 33.2 Å². The number of nitrogens with one attached hydrogen (secondary N) is 1. The summed E-state index contributed by atoms with van der Waals surface area (Å²) >= 11 is 0. The van der Waals surface area contributed by atoms with Gasteiger partial charge in [0.05, 0.1) is 0 Å². The molecule has 0 aliphatic carbocycles. The van der Waals surface area contributed by atoms with Gasteiger partial charge in [-0.1, -0.05) is 6.92 Å². The van der Waals surface area contributed by atoms with E-state index in [9.17, 15) is 4.79 Å². The van der Waals surface area contributed by atoms with Gasteiger partial charge in [0.25, 0.3) is 5.91 Å². The van der Waals surface area contributed by atoms with E-state index in [-0.39, 0.29) is 11.9 Å². The summed E-state index contributed by atoms with van der Waals surface area (Å²) in [6, 6.07) is 3.68. The maximum atomic E-state index is 12.2. The Kier molecular flexibility index (Phi) is 4.87. The van der Waals surface area contributed by atoms with E-state index in [0.29, 0.717) is 18.1 Å². The highest BCUT2D eigenvalue weighted by Crippen LogP contribution is 2.09. The fraction of sp³-hybridized carbons (Fsp3) is 0.583. The average Bonchev–Trinajstić information content (AvgIpc) is 2.39. The molecule has 1 heterocycles. The van der Waals surface area contributed by atoms with Gasteiger partial charge in [-0.2, -0.15) is 0 Å². The first kappa shape index (κ1) is 13.4. The molecule has 1 atom stereocenters. The Labute approximate surface area is 102 Å².